The largest absolute Gasteiger partial charge is 0.378 e. The van der Waals surface area contributed by atoms with Crippen LogP contribution in [0.3, 0.4) is 0 Å². The molecule has 0 heterocycles. The lowest BCUT2D eigenvalue weighted by Crippen LogP contribution is -2.06. The Morgan fingerprint density at radius 3 is 2.54 bits per heavy atom. The van der Waals surface area contributed by atoms with Crippen LogP contribution in [-0.2, 0) is 19.2 Å². The van der Waals surface area contributed by atoms with Gasteiger partial charge < -0.3 is 9.47 Å². The Morgan fingerprint density at radius 1 is 1.23 bits per heavy atom. The van der Waals surface area contributed by atoms with E-state index in [1.807, 2.05) is 0 Å². The molecule has 4 nitrogen and oxygen atoms in total. The Hall–Kier alpha value is -0.220. The summed E-state index contributed by atoms with van der Waals surface area (Å²) in [6, 6.07) is 0. The molecule has 13 heavy (non-hydrogen) atoms. The normalized spacial score (nSPS) is 10.2. The van der Waals surface area contributed by atoms with E-state index in [1.165, 1.54) is 0 Å². The van der Waals surface area contributed by atoms with Gasteiger partial charge in [-0.25, -0.2) is 8.42 Å². The van der Waals surface area contributed by atoms with Gasteiger partial charge in [0.25, 0.3) is 0 Å². The molecule has 0 aliphatic carbocycles. The van der Waals surface area contributed by atoms with Crippen molar-refractivity contribution in [2.45, 2.75) is 0 Å². The highest BCUT2D eigenvalue weighted by Crippen LogP contribution is 1.98. The number of hydrogen-bond donors (Lipinski definition) is 1. The average Bonchev–Trinajstić information content (AvgIpc) is 2.09. The van der Waals surface area contributed by atoms with Crippen molar-refractivity contribution in [3.63, 3.8) is 0 Å². The Morgan fingerprint density at radius 2 is 1.92 bits per heavy atom. The fourth-order valence-electron chi connectivity index (χ4n) is 0.522. The van der Waals surface area contributed by atoms with Gasteiger partial charge in [0.05, 0.1) is 19.8 Å². The van der Waals surface area contributed by atoms with E-state index in [0.717, 1.165) is 10.8 Å². The summed E-state index contributed by atoms with van der Waals surface area (Å²) >= 11 is 0. The third kappa shape index (κ3) is 11.8. The van der Waals surface area contributed by atoms with Gasteiger partial charge in [0.1, 0.15) is 6.61 Å². The second-order valence-corrected chi connectivity index (χ2v) is 4.71. The van der Waals surface area contributed by atoms with Crippen molar-refractivity contribution < 1.29 is 17.9 Å². The second kappa shape index (κ2) is 9.86. The van der Waals surface area contributed by atoms with E-state index in [-0.39, 0.29) is 6.61 Å². The summed E-state index contributed by atoms with van der Waals surface area (Å²) in [5.41, 5.74) is 0. The molecule has 0 unspecified atom stereocenters. The molecule has 0 saturated heterocycles. The minimum absolute atomic E-state index is 0.282. The van der Waals surface area contributed by atoms with Gasteiger partial charge >= 0.3 is 0 Å². The molecular weight excluding hydrogens is 212 g/mol. The second-order valence-electron chi connectivity index (χ2n) is 1.93. The first-order valence-corrected chi connectivity index (χ1v) is 6.40. The molecule has 0 aliphatic rings. The highest BCUT2D eigenvalue weighted by Gasteiger charge is 1.91. The van der Waals surface area contributed by atoms with Crippen molar-refractivity contribution in [2.75, 3.05) is 32.2 Å². The molecule has 0 spiro atoms. The van der Waals surface area contributed by atoms with Crippen molar-refractivity contribution in [3.8, 4) is 12.3 Å². The number of terminal acetylenes is 1. The third-order valence-corrected chi connectivity index (χ3v) is 2.72. The Bertz CT molecular complexity index is 211. The molecule has 0 radical (unpaired) electrons. The van der Waals surface area contributed by atoms with Gasteiger partial charge in [-0.2, -0.15) is 0 Å². The molecule has 0 atom stereocenters. The summed E-state index contributed by atoms with van der Waals surface area (Å²) < 4.78 is 30.1. The van der Waals surface area contributed by atoms with Crippen LogP contribution < -0.4 is 0 Å². The van der Waals surface area contributed by atoms with Crippen molar-refractivity contribution in [1.82, 2.24) is 0 Å². The lowest BCUT2D eigenvalue weighted by molar-refractivity contribution is 0.0675. The predicted molar refractivity (Wildman–Crippen MR) is 53.2 cm³/mol. The monoisotopic (exact) mass is 224 g/mol. The fraction of sp³-hybridized carbons (Fsp3) is 0.714. The maximum absolute atomic E-state index is 10.1. The van der Waals surface area contributed by atoms with Crippen LogP contribution in [0.1, 0.15) is 0 Å². The van der Waals surface area contributed by atoms with E-state index in [0.29, 0.717) is 25.6 Å². The Kier molecular flexibility index (Phi) is 9.70. The standard InChI is InChI=1S/C7H12O4S2/c1-2-3-10-4-5-11-6-7-12-13(8)9/h1,13H,3-7H2. The third-order valence-electron chi connectivity index (χ3n) is 0.982. The Labute approximate surface area is 83.3 Å². The summed E-state index contributed by atoms with van der Waals surface area (Å²) in [5.74, 6) is 2.77. The molecule has 0 aromatic rings. The zero-order valence-corrected chi connectivity index (χ0v) is 8.81. The van der Waals surface area contributed by atoms with Gasteiger partial charge in [-0.3, -0.25) is 0 Å². The molecule has 0 bridgehead atoms. The van der Waals surface area contributed by atoms with Gasteiger partial charge in [0.2, 0.25) is 0 Å². The summed E-state index contributed by atoms with van der Waals surface area (Å²) in [4.78, 5) is 0. The quantitative estimate of drug-likeness (QED) is 0.270. The minimum Gasteiger partial charge on any atom is -0.378 e. The first-order chi connectivity index (χ1) is 6.27. The van der Waals surface area contributed by atoms with Crippen molar-refractivity contribution in [2.24, 2.45) is 0 Å². The van der Waals surface area contributed by atoms with Gasteiger partial charge in [0.15, 0.2) is 9.74 Å². The van der Waals surface area contributed by atoms with E-state index in [4.69, 9.17) is 15.9 Å². The van der Waals surface area contributed by atoms with Crippen LogP contribution in [0.2, 0.25) is 0 Å². The molecule has 0 rings (SSSR count). The SMILES string of the molecule is C#CCOCCOCCS[SH](=O)=O. The molecule has 0 amide bonds. The van der Waals surface area contributed by atoms with Crippen LogP contribution in [0, 0.1) is 12.3 Å². The Balaban J connectivity index is 2.96. The van der Waals surface area contributed by atoms with E-state index in [2.05, 4.69) is 5.92 Å². The fourth-order valence-corrected chi connectivity index (χ4v) is 1.53. The molecule has 0 aromatic heterocycles. The maximum Gasteiger partial charge on any atom is 0.191 e. The molecule has 0 aromatic carbocycles. The van der Waals surface area contributed by atoms with Crippen LogP contribution >= 0.6 is 10.8 Å². The molecule has 0 fully saturated rings. The van der Waals surface area contributed by atoms with Gasteiger partial charge in [-0.05, 0) is 10.8 Å². The summed E-state index contributed by atoms with van der Waals surface area (Å²) in [7, 11) is -1.50. The minimum atomic E-state index is -2.35. The van der Waals surface area contributed by atoms with Crippen LogP contribution in [0.25, 0.3) is 0 Å². The smallest absolute Gasteiger partial charge is 0.191 e. The molecule has 76 valence electrons. The van der Waals surface area contributed by atoms with Gasteiger partial charge in [0, 0.05) is 5.75 Å². The summed E-state index contributed by atoms with van der Waals surface area (Å²) in [6.45, 7) is 1.58. The van der Waals surface area contributed by atoms with Crippen molar-refractivity contribution in [1.29, 1.82) is 0 Å². The van der Waals surface area contributed by atoms with E-state index < -0.39 is 9.74 Å². The van der Waals surface area contributed by atoms with Crippen molar-refractivity contribution in [3.05, 3.63) is 0 Å². The zero-order valence-electron chi connectivity index (χ0n) is 7.10. The highest BCUT2D eigenvalue weighted by molar-refractivity contribution is 8.64. The van der Waals surface area contributed by atoms with E-state index in [1.54, 1.807) is 0 Å². The van der Waals surface area contributed by atoms with Crippen molar-refractivity contribution >= 4 is 20.5 Å². The average molecular weight is 224 g/mol. The number of hydrogen-bond acceptors (Lipinski definition) is 5. The molecule has 0 N–H and O–H groups in total. The zero-order chi connectivity index (χ0) is 9.94. The lowest BCUT2D eigenvalue weighted by Gasteiger charge is -2.01. The predicted octanol–water partition coefficient (Wildman–Crippen LogP) is -0.0876. The first kappa shape index (κ1) is 12.8. The van der Waals surface area contributed by atoms with E-state index >= 15 is 0 Å². The van der Waals surface area contributed by atoms with Crippen LogP contribution in [0.5, 0.6) is 0 Å². The molecule has 0 saturated carbocycles. The number of ether oxygens (including phenoxy) is 2. The summed E-state index contributed by atoms with van der Waals surface area (Å²) in [6.07, 6.45) is 4.94. The lowest BCUT2D eigenvalue weighted by atomic mass is 10.7. The van der Waals surface area contributed by atoms with Crippen LogP contribution in [0.4, 0.5) is 0 Å². The maximum atomic E-state index is 10.1. The van der Waals surface area contributed by atoms with Crippen LogP contribution in [-0.4, -0.2) is 40.6 Å². The van der Waals surface area contributed by atoms with E-state index in [9.17, 15) is 8.42 Å². The summed E-state index contributed by atoms with van der Waals surface area (Å²) in [5, 5.41) is 0. The number of thiol groups is 1. The van der Waals surface area contributed by atoms with Gasteiger partial charge in [-0.15, -0.1) is 6.42 Å². The molecular formula is C7H12O4S2. The molecule has 0 aliphatic heterocycles. The number of rotatable bonds is 8. The highest BCUT2D eigenvalue weighted by atomic mass is 33.1. The molecule has 6 heteroatoms. The first-order valence-electron chi connectivity index (χ1n) is 3.63. The topological polar surface area (TPSA) is 52.6 Å². The van der Waals surface area contributed by atoms with Crippen LogP contribution in [0.15, 0.2) is 0 Å². The van der Waals surface area contributed by atoms with Gasteiger partial charge in [-0.1, -0.05) is 5.92 Å².